The molecule has 1 amide bonds. The number of thiazole rings is 1. The summed E-state index contributed by atoms with van der Waals surface area (Å²) in [6.07, 6.45) is 2.92. The molecule has 0 saturated heterocycles. The standard InChI is InChI=1S/C20H19N3O3S2/c24-19(12-20-21-18(13-27-20)15-5-2-1-3-6-15)22-23-28(25,26)17-10-9-14-7-4-8-16(14)11-17/h1-3,5-6,9-11,13,23H,4,7-8,12H2,(H,22,24). The molecule has 28 heavy (non-hydrogen) atoms. The molecule has 0 saturated carbocycles. The van der Waals surface area contributed by atoms with Crippen molar-refractivity contribution in [2.75, 3.05) is 0 Å². The molecule has 1 heterocycles. The van der Waals surface area contributed by atoms with Gasteiger partial charge in [0.25, 0.3) is 10.0 Å². The zero-order chi connectivity index (χ0) is 19.6. The van der Waals surface area contributed by atoms with E-state index in [-0.39, 0.29) is 11.3 Å². The second-order valence-electron chi connectivity index (χ2n) is 6.61. The number of aromatic nitrogens is 1. The largest absolute Gasteiger partial charge is 0.277 e. The fraction of sp³-hybridized carbons (Fsp3) is 0.200. The average Bonchev–Trinajstić information content (AvgIpc) is 3.36. The molecule has 0 radical (unpaired) electrons. The third-order valence-electron chi connectivity index (χ3n) is 4.64. The predicted molar refractivity (Wildman–Crippen MR) is 108 cm³/mol. The topological polar surface area (TPSA) is 88.2 Å². The molecule has 1 aromatic heterocycles. The number of hydrogen-bond donors (Lipinski definition) is 2. The number of nitrogens with one attached hydrogen (secondary N) is 2. The summed E-state index contributed by atoms with van der Waals surface area (Å²) in [6, 6.07) is 14.8. The molecule has 8 heteroatoms. The highest BCUT2D eigenvalue weighted by molar-refractivity contribution is 7.89. The summed E-state index contributed by atoms with van der Waals surface area (Å²) in [5, 5.41) is 2.50. The van der Waals surface area contributed by atoms with Crippen LogP contribution in [0.1, 0.15) is 22.6 Å². The quantitative estimate of drug-likeness (QED) is 0.608. The molecule has 0 unspecified atom stereocenters. The maximum absolute atomic E-state index is 12.4. The number of nitrogens with zero attached hydrogens (tertiary/aromatic N) is 1. The van der Waals surface area contributed by atoms with Gasteiger partial charge in [-0.05, 0) is 42.5 Å². The first-order valence-corrected chi connectivity index (χ1v) is 11.3. The van der Waals surface area contributed by atoms with Crippen molar-refractivity contribution in [3.8, 4) is 11.3 Å². The number of rotatable bonds is 6. The molecule has 0 aliphatic heterocycles. The number of benzene rings is 2. The molecule has 6 nitrogen and oxygen atoms in total. The number of carbonyl (C=O) groups is 1. The first-order chi connectivity index (χ1) is 13.5. The number of aryl methyl sites for hydroxylation is 2. The third kappa shape index (κ3) is 4.14. The SMILES string of the molecule is O=C(Cc1nc(-c2ccccc2)cs1)NNS(=O)(=O)c1ccc2c(c1)CCC2. The van der Waals surface area contributed by atoms with Crippen molar-refractivity contribution >= 4 is 27.3 Å². The van der Waals surface area contributed by atoms with Crippen LogP contribution in [0.15, 0.2) is 58.8 Å². The molecule has 0 atom stereocenters. The van der Waals surface area contributed by atoms with E-state index < -0.39 is 15.9 Å². The lowest BCUT2D eigenvalue weighted by Crippen LogP contribution is -2.42. The van der Waals surface area contributed by atoms with Crippen molar-refractivity contribution in [2.45, 2.75) is 30.6 Å². The molecule has 3 aromatic rings. The lowest BCUT2D eigenvalue weighted by Gasteiger charge is -2.09. The molecule has 0 spiro atoms. The van der Waals surface area contributed by atoms with Gasteiger partial charge in [0.05, 0.1) is 17.0 Å². The Bertz CT molecular complexity index is 1110. The lowest BCUT2D eigenvalue weighted by atomic mass is 10.1. The second-order valence-corrected chi connectivity index (χ2v) is 9.23. The average molecular weight is 414 g/mol. The van der Waals surface area contributed by atoms with Crippen LogP contribution in [0.2, 0.25) is 0 Å². The third-order valence-corrected chi connectivity index (χ3v) is 6.73. The highest BCUT2D eigenvalue weighted by Gasteiger charge is 2.19. The summed E-state index contributed by atoms with van der Waals surface area (Å²) >= 11 is 1.37. The first kappa shape index (κ1) is 18.8. The minimum Gasteiger partial charge on any atom is -0.277 e. The Morgan fingerprint density at radius 2 is 1.86 bits per heavy atom. The van der Waals surface area contributed by atoms with Crippen molar-refractivity contribution in [1.29, 1.82) is 0 Å². The van der Waals surface area contributed by atoms with Crippen LogP contribution in [-0.4, -0.2) is 19.3 Å². The summed E-state index contributed by atoms with van der Waals surface area (Å²) in [5.74, 6) is -0.460. The lowest BCUT2D eigenvalue weighted by molar-refractivity contribution is -0.120. The maximum atomic E-state index is 12.4. The van der Waals surface area contributed by atoms with E-state index in [0.29, 0.717) is 5.01 Å². The number of fused-ring (bicyclic) bond motifs is 1. The Kier molecular flexibility index (Phi) is 5.25. The Morgan fingerprint density at radius 3 is 2.68 bits per heavy atom. The Hall–Kier alpha value is -2.55. The molecular formula is C20H19N3O3S2. The number of amides is 1. The van der Waals surface area contributed by atoms with Gasteiger partial charge in [-0.25, -0.2) is 13.4 Å². The predicted octanol–water partition coefficient (Wildman–Crippen LogP) is 2.85. The van der Waals surface area contributed by atoms with Gasteiger partial charge in [0.15, 0.2) is 0 Å². The zero-order valence-corrected chi connectivity index (χ0v) is 16.6. The molecular weight excluding hydrogens is 394 g/mol. The highest BCUT2D eigenvalue weighted by Crippen LogP contribution is 2.24. The van der Waals surface area contributed by atoms with Gasteiger partial charge in [0.1, 0.15) is 5.01 Å². The van der Waals surface area contributed by atoms with E-state index in [2.05, 4.69) is 15.2 Å². The molecule has 0 fully saturated rings. The summed E-state index contributed by atoms with van der Waals surface area (Å²) < 4.78 is 24.9. The molecule has 4 rings (SSSR count). The van der Waals surface area contributed by atoms with Gasteiger partial charge < -0.3 is 0 Å². The van der Waals surface area contributed by atoms with Crippen LogP contribution in [0.4, 0.5) is 0 Å². The smallest absolute Gasteiger partial charge is 0.257 e. The van der Waals surface area contributed by atoms with E-state index in [1.54, 1.807) is 12.1 Å². The Morgan fingerprint density at radius 1 is 1.07 bits per heavy atom. The number of hydrogen-bond acceptors (Lipinski definition) is 5. The van der Waals surface area contributed by atoms with Crippen LogP contribution in [-0.2, 0) is 34.1 Å². The van der Waals surface area contributed by atoms with Crippen LogP contribution in [0, 0.1) is 0 Å². The molecule has 144 valence electrons. The molecule has 1 aliphatic rings. The minimum absolute atomic E-state index is 0.00417. The van der Waals surface area contributed by atoms with E-state index in [1.807, 2.05) is 41.8 Å². The van der Waals surface area contributed by atoms with Crippen LogP contribution in [0.3, 0.4) is 0 Å². The van der Waals surface area contributed by atoms with E-state index in [0.717, 1.165) is 36.1 Å². The molecule has 1 aliphatic carbocycles. The van der Waals surface area contributed by atoms with Crippen LogP contribution >= 0.6 is 11.3 Å². The first-order valence-electron chi connectivity index (χ1n) is 8.93. The normalized spacial score (nSPS) is 13.3. The fourth-order valence-electron chi connectivity index (χ4n) is 3.21. The van der Waals surface area contributed by atoms with Crippen molar-refractivity contribution in [2.24, 2.45) is 0 Å². The van der Waals surface area contributed by atoms with Crippen LogP contribution in [0.25, 0.3) is 11.3 Å². The van der Waals surface area contributed by atoms with Gasteiger partial charge in [-0.15, -0.1) is 16.2 Å². The van der Waals surface area contributed by atoms with Gasteiger partial charge in [0.2, 0.25) is 5.91 Å². The van der Waals surface area contributed by atoms with E-state index in [9.17, 15) is 13.2 Å². The minimum atomic E-state index is -3.81. The highest BCUT2D eigenvalue weighted by atomic mass is 32.2. The molecule has 2 aromatic carbocycles. The van der Waals surface area contributed by atoms with Crippen molar-refractivity contribution in [3.63, 3.8) is 0 Å². The van der Waals surface area contributed by atoms with E-state index >= 15 is 0 Å². The van der Waals surface area contributed by atoms with Gasteiger partial charge in [-0.3, -0.25) is 10.2 Å². The summed E-state index contributed by atoms with van der Waals surface area (Å²) in [5.41, 5.74) is 6.31. The van der Waals surface area contributed by atoms with Crippen LogP contribution in [0.5, 0.6) is 0 Å². The van der Waals surface area contributed by atoms with Gasteiger partial charge >= 0.3 is 0 Å². The van der Waals surface area contributed by atoms with Crippen molar-refractivity contribution < 1.29 is 13.2 Å². The van der Waals surface area contributed by atoms with Crippen molar-refractivity contribution in [1.82, 2.24) is 15.2 Å². The van der Waals surface area contributed by atoms with Gasteiger partial charge in [0, 0.05) is 10.9 Å². The Balaban J connectivity index is 1.37. The van der Waals surface area contributed by atoms with E-state index in [4.69, 9.17) is 0 Å². The van der Waals surface area contributed by atoms with Crippen LogP contribution < -0.4 is 10.3 Å². The number of hydrazine groups is 1. The summed E-state index contributed by atoms with van der Waals surface area (Å²) in [6.45, 7) is 0. The fourth-order valence-corrected chi connectivity index (χ4v) is 4.93. The van der Waals surface area contributed by atoms with Crippen molar-refractivity contribution in [3.05, 3.63) is 70.0 Å². The molecule has 0 bridgehead atoms. The van der Waals surface area contributed by atoms with Gasteiger partial charge in [-0.1, -0.05) is 36.4 Å². The summed E-state index contributed by atoms with van der Waals surface area (Å²) in [7, 11) is -3.81. The Labute approximate surface area is 167 Å². The maximum Gasteiger partial charge on any atom is 0.257 e. The number of carbonyl (C=O) groups excluding carboxylic acids is 1. The zero-order valence-electron chi connectivity index (χ0n) is 15.0. The molecule has 2 N–H and O–H groups in total. The van der Waals surface area contributed by atoms with Gasteiger partial charge in [-0.2, -0.15) is 0 Å². The van der Waals surface area contributed by atoms with E-state index in [1.165, 1.54) is 16.9 Å². The number of sulfonamides is 1. The summed E-state index contributed by atoms with van der Waals surface area (Å²) in [4.78, 5) is 18.9. The second kappa shape index (κ2) is 7.83. The monoisotopic (exact) mass is 413 g/mol.